The maximum absolute atomic E-state index is 9.24. The van der Waals surface area contributed by atoms with Gasteiger partial charge < -0.3 is 5.11 Å². The minimum atomic E-state index is 0.357. The smallest absolute Gasteiger partial charge is 0.0433 e. The Hall–Kier alpha value is -0.0800. The van der Waals surface area contributed by atoms with Gasteiger partial charge >= 0.3 is 0 Å². The SMILES string of the molecule is CCN1C2CCCC1(CCC(CCO)C(C)C)CC2. The molecule has 0 aromatic rings. The standard InChI is InChI=1S/C17H33NO/c1-4-18-16-6-5-10-17(18,12-8-16)11-7-15(9-13-19)14(2)3/h14-16,19H,4-13H2,1-3H3. The number of aliphatic hydroxyl groups excluding tert-OH is 1. The Balaban J connectivity index is 1.96. The van der Waals surface area contributed by atoms with Gasteiger partial charge in [-0.2, -0.15) is 0 Å². The van der Waals surface area contributed by atoms with E-state index < -0.39 is 0 Å². The second-order valence-electron chi connectivity index (χ2n) is 7.15. The first-order chi connectivity index (χ1) is 9.13. The molecule has 2 bridgehead atoms. The third kappa shape index (κ3) is 3.16. The second-order valence-corrected chi connectivity index (χ2v) is 7.15. The number of aliphatic hydroxyl groups is 1. The zero-order valence-corrected chi connectivity index (χ0v) is 13.2. The highest BCUT2D eigenvalue weighted by Gasteiger charge is 2.47. The van der Waals surface area contributed by atoms with E-state index in [1.807, 2.05) is 0 Å². The highest BCUT2D eigenvalue weighted by molar-refractivity contribution is 5.03. The lowest BCUT2D eigenvalue weighted by molar-refractivity contribution is 0.0433. The zero-order chi connectivity index (χ0) is 13.9. The lowest BCUT2D eigenvalue weighted by Gasteiger charge is -2.45. The van der Waals surface area contributed by atoms with Gasteiger partial charge in [-0.3, -0.25) is 4.90 Å². The van der Waals surface area contributed by atoms with Crippen LogP contribution >= 0.6 is 0 Å². The van der Waals surface area contributed by atoms with Crippen molar-refractivity contribution in [2.75, 3.05) is 13.2 Å². The van der Waals surface area contributed by atoms with Crippen LogP contribution in [-0.2, 0) is 0 Å². The fourth-order valence-electron chi connectivity index (χ4n) is 4.78. The molecule has 0 spiro atoms. The number of hydrogen-bond acceptors (Lipinski definition) is 2. The second kappa shape index (κ2) is 6.58. The number of hydrogen-bond donors (Lipinski definition) is 1. The molecule has 3 unspecified atom stereocenters. The molecular formula is C17H33NO. The Morgan fingerprint density at radius 1 is 1.21 bits per heavy atom. The van der Waals surface area contributed by atoms with Gasteiger partial charge in [0.15, 0.2) is 0 Å². The summed E-state index contributed by atoms with van der Waals surface area (Å²) in [4.78, 5) is 2.83. The van der Waals surface area contributed by atoms with Crippen molar-refractivity contribution in [2.24, 2.45) is 11.8 Å². The van der Waals surface area contributed by atoms with E-state index in [-0.39, 0.29) is 0 Å². The first-order valence-electron chi connectivity index (χ1n) is 8.50. The van der Waals surface area contributed by atoms with Gasteiger partial charge in [-0.15, -0.1) is 0 Å². The van der Waals surface area contributed by atoms with Gasteiger partial charge in [-0.05, 0) is 63.3 Å². The largest absolute Gasteiger partial charge is 0.396 e. The molecule has 2 aliphatic rings. The van der Waals surface area contributed by atoms with Crippen LogP contribution in [-0.4, -0.2) is 34.7 Å². The molecule has 0 aliphatic carbocycles. The number of nitrogens with zero attached hydrogens (tertiary/aromatic N) is 1. The van der Waals surface area contributed by atoms with Crippen molar-refractivity contribution in [1.82, 2.24) is 4.90 Å². The van der Waals surface area contributed by atoms with Crippen LogP contribution in [0.25, 0.3) is 0 Å². The van der Waals surface area contributed by atoms with Crippen LogP contribution in [0.3, 0.4) is 0 Å². The maximum Gasteiger partial charge on any atom is 0.0433 e. The Labute approximate surface area is 119 Å². The van der Waals surface area contributed by atoms with Crippen LogP contribution in [0, 0.1) is 11.8 Å². The molecule has 112 valence electrons. The highest BCUT2D eigenvalue weighted by atomic mass is 16.3. The molecule has 2 saturated heterocycles. The summed E-state index contributed by atoms with van der Waals surface area (Å²) >= 11 is 0. The van der Waals surface area contributed by atoms with Crippen LogP contribution in [0.5, 0.6) is 0 Å². The molecule has 2 nitrogen and oxygen atoms in total. The van der Waals surface area contributed by atoms with Gasteiger partial charge in [0.25, 0.3) is 0 Å². The van der Waals surface area contributed by atoms with Gasteiger partial charge in [0.05, 0.1) is 0 Å². The summed E-state index contributed by atoms with van der Waals surface area (Å²) in [6.45, 7) is 8.56. The molecule has 0 radical (unpaired) electrons. The average molecular weight is 267 g/mol. The number of rotatable bonds is 7. The summed E-state index contributed by atoms with van der Waals surface area (Å²) in [5.74, 6) is 1.42. The van der Waals surface area contributed by atoms with Gasteiger partial charge in [-0.25, -0.2) is 0 Å². The topological polar surface area (TPSA) is 23.5 Å². The zero-order valence-electron chi connectivity index (χ0n) is 13.2. The lowest BCUT2D eigenvalue weighted by atomic mass is 9.79. The van der Waals surface area contributed by atoms with E-state index in [0.29, 0.717) is 24.0 Å². The van der Waals surface area contributed by atoms with Gasteiger partial charge in [-0.1, -0.05) is 27.2 Å². The van der Waals surface area contributed by atoms with Crippen molar-refractivity contribution >= 4 is 0 Å². The van der Waals surface area contributed by atoms with Crippen LogP contribution in [0.15, 0.2) is 0 Å². The summed E-state index contributed by atoms with van der Waals surface area (Å²) in [6.07, 6.45) is 10.8. The molecule has 0 aromatic heterocycles. The third-order valence-electron chi connectivity index (χ3n) is 5.94. The molecular weight excluding hydrogens is 234 g/mol. The molecule has 1 N–H and O–H groups in total. The first-order valence-corrected chi connectivity index (χ1v) is 8.50. The fraction of sp³-hybridized carbons (Fsp3) is 1.00. The minimum absolute atomic E-state index is 0.357. The van der Waals surface area contributed by atoms with E-state index in [9.17, 15) is 5.11 Å². The van der Waals surface area contributed by atoms with Crippen molar-refractivity contribution in [3.05, 3.63) is 0 Å². The summed E-state index contributed by atoms with van der Waals surface area (Å²) in [5, 5.41) is 9.24. The Bertz CT molecular complexity index is 274. The Morgan fingerprint density at radius 2 is 2.00 bits per heavy atom. The van der Waals surface area contributed by atoms with E-state index in [4.69, 9.17) is 0 Å². The van der Waals surface area contributed by atoms with E-state index >= 15 is 0 Å². The number of fused-ring (bicyclic) bond motifs is 2. The van der Waals surface area contributed by atoms with Gasteiger partial charge in [0.1, 0.15) is 0 Å². The first kappa shape index (κ1) is 15.3. The van der Waals surface area contributed by atoms with E-state index in [2.05, 4.69) is 25.7 Å². The molecule has 0 saturated carbocycles. The van der Waals surface area contributed by atoms with Crippen molar-refractivity contribution in [1.29, 1.82) is 0 Å². The van der Waals surface area contributed by atoms with E-state index in [1.165, 1.54) is 51.5 Å². The Morgan fingerprint density at radius 3 is 2.63 bits per heavy atom. The molecule has 19 heavy (non-hydrogen) atoms. The predicted octanol–water partition coefficient (Wildman–Crippen LogP) is 3.83. The monoisotopic (exact) mass is 267 g/mol. The number of piperidine rings is 1. The fourth-order valence-corrected chi connectivity index (χ4v) is 4.78. The predicted molar refractivity (Wildman–Crippen MR) is 81.2 cm³/mol. The van der Waals surface area contributed by atoms with E-state index in [0.717, 1.165) is 12.5 Å². The third-order valence-corrected chi connectivity index (χ3v) is 5.94. The Kier molecular flexibility index (Phi) is 5.30. The van der Waals surface area contributed by atoms with Crippen molar-refractivity contribution in [3.63, 3.8) is 0 Å². The van der Waals surface area contributed by atoms with Crippen molar-refractivity contribution < 1.29 is 5.11 Å². The molecule has 2 heteroatoms. The molecule has 0 amide bonds. The molecule has 2 aliphatic heterocycles. The molecule has 0 aromatic carbocycles. The lowest BCUT2D eigenvalue weighted by Crippen LogP contribution is -2.50. The van der Waals surface area contributed by atoms with Crippen molar-refractivity contribution in [2.45, 2.75) is 83.7 Å². The summed E-state index contributed by atoms with van der Waals surface area (Å²) in [7, 11) is 0. The molecule has 2 heterocycles. The summed E-state index contributed by atoms with van der Waals surface area (Å²) in [6, 6.07) is 0.883. The summed E-state index contributed by atoms with van der Waals surface area (Å²) in [5.41, 5.74) is 0.528. The molecule has 2 fully saturated rings. The van der Waals surface area contributed by atoms with Crippen LogP contribution < -0.4 is 0 Å². The highest BCUT2D eigenvalue weighted by Crippen LogP contribution is 2.47. The van der Waals surface area contributed by atoms with Crippen LogP contribution in [0.1, 0.15) is 72.1 Å². The van der Waals surface area contributed by atoms with Crippen molar-refractivity contribution in [3.8, 4) is 0 Å². The van der Waals surface area contributed by atoms with Gasteiger partial charge in [0, 0.05) is 18.2 Å². The van der Waals surface area contributed by atoms with Crippen LogP contribution in [0.4, 0.5) is 0 Å². The van der Waals surface area contributed by atoms with E-state index in [1.54, 1.807) is 0 Å². The van der Waals surface area contributed by atoms with Gasteiger partial charge in [0.2, 0.25) is 0 Å². The van der Waals surface area contributed by atoms with Crippen LogP contribution in [0.2, 0.25) is 0 Å². The average Bonchev–Trinajstić information content (AvgIpc) is 2.59. The summed E-state index contributed by atoms with van der Waals surface area (Å²) < 4.78 is 0. The quantitative estimate of drug-likeness (QED) is 0.758. The maximum atomic E-state index is 9.24. The normalized spacial score (nSPS) is 33.0. The molecule has 3 atom stereocenters. The molecule has 2 rings (SSSR count). The minimum Gasteiger partial charge on any atom is -0.396 e.